The first-order valence-corrected chi connectivity index (χ1v) is 5.85. The van der Waals surface area contributed by atoms with Crippen molar-refractivity contribution in [2.75, 3.05) is 20.2 Å². The fourth-order valence-electron chi connectivity index (χ4n) is 1.40. The molecule has 0 spiro atoms. The molecule has 1 rings (SSSR count). The number of hydrogen-bond donors (Lipinski definition) is 2. The Morgan fingerprint density at radius 3 is 2.82 bits per heavy atom. The molecule has 0 heterocycles. The van der Waals surface area contributed by atoms with E-state index in [1.165, 1.54) is 0 Å². The largest absolute Gasteiger partial charge is 0.495 e. The average molecular weight is 257 g/mol. The topological polar surface area (TPSA) is 50.4 Å². The molecule has 0 saturated heterocycles. The third-order valence-corrected chi connectivity index (χ3v) is 2.50. The van der Waals surface area contributed by atoms with Crippen molar-refractivity contribution in [2.24, 2.45) is 0 Å². The van der Waals surface area contributed by atoms with Crippen molar-refractivity contribution >= 4 is 17.5 Å². The summed E-state index contributed by atoms with van der Waals surface area (Å²) in [5, 5.41) is 6.33. The van der Waals surface area contributed by atoms with E-state index in [2.05, 4.69) is 10.6 Å². The third-order valence-electron chi connectivity index (χ3n) is 2.20. The fourth-order valence-corrected chi connectivity index (χ4v) is 1.68. The number of carbonyl (C=O) groups excluding carboxylic acids is 1. The van der Waals surface area contributed by atoms with E-state index < -0.39 is 0 Å². The Kier molecular flexibility index (Phi) is 5.80. The van der Waals surface area contributed by atoms with Crippen molar-refractivity contribution < 1.29 is 9.53 Å². The van der Waals surface area contributed by atoms with Crippen molar-refractivity contribution in [3.8, 4) is 5.75 Å². The summed E-state index contributed by atoms with van der Waals surface area (Å²) in [5.74, 6) is 0.645. The number of hydrogen-bond acceptors (Lipinski definition) is 3. The highest BCUT2D eigenvalue weighted by Crippen LogP contribution is 2.24. The highest BCUT2D eigenvalue weighted by atomic mass is 35.5. The summed E-state index contributed by atoms with van der Waals surface area (Å²) in [7, 11) is 1.58. The van der Waals surface area contributed by atoms with Crippen molar-refractivity contribution in [3.05, 3.63) is 28.8 Å². The van der Waals surface area contributed by atoms with E-state index in [0.29, 0.717) is 30.4 Å². The summed E-state index contributed by atoms with van der Waals surface area (Å²) in [4.78, 5) is 11.2. The van der Waals surface area contributed by atoms with Crippen LogP contribution in [0.15, 0.2) is 18.2 Å². The van der Waals surface area contributed by atoms with Gasteiger partial charge in [0.15, 0.2) is 0 Å². The van der Waals surface area contributed by atoms with Gasteiger partial charge in [0.05, 0.1) is 18.7 Å². The predicted octanol–water partition coefficient (Wildman–Crippen LogP) is 1.57. The summed E-state index contributed by atoms with van der Waals surface area (Å²) in [5.41, 5.74) is 1.01. The number of amides is 1. The van der Waals surface area contributed by atoms with Gasteiger partial charge in [-0.05, 0) is 24.6 Å². The van der Waals surface area contributed by atoms with Crippen LogP contribution >= 0.6 is 11.6 Å². The Bertz CT molecular complexity index is 383. The molecule has 0 aromatic heterocycles. The number of methoxy groups -OCH3 is 1. The maximum atomic E-state index is 11.2. The minimum absolute atomic E-state index is 0.00731. The SMILES string of the molecule is CCNC(=O)CNCc1ccc(OC)c(Cl)c1. The van der Waals surface area contributed by atoms with Crippen LogP contribution in [0, 0.1) is 0 Å². The zero-order valence-electron chi connectivity index (χ0n) is 10.0. The molecule has 0 bridgehead atoms. The van der Waals surface area contributed by atoms with Gasteiger partial charge < -0.3 is 15.4 Å². The van der Waals surface area contributed by atoms with Crippen LogP contribution < -0.4 is 15.4 Å². The Balaban J connectivity index is 2.42. The smallest absolute Gasteiger partial charge is 0.233 e. The van der Waals surface area contributed by atoms with Gasteiger partial charge in [-0.3, -0.25) is 4.79 Å². The molecule has 1 amide bonds. The van der Waals surface area contributed by atoms with E-state index in [9.17, 15) is 4.79 Å². The lowest BCUT2D eigenvalue weighted by atomic mass is 10.2. The van der Waals surface area contributed by atoms with Gasteiger partial charge in [-0.2, -0.15) is 0 Å². The zero-order valence-corrected chi connectivity index (χ0v) is 10.8. The Labute approximate surface area is 106 Å². The molecule has 1 aromatic carbocycles. The van der Waals surface area contributed by atoms with Crippen LogP contribution in [0.3, 0.4) is 0 Å². The molecule has 2 N–H and O–H groups in total. The maximum Gasteiger partial charge on any atom is 0.233 e. The van der Waals surface area contributed by atoms with Crippen LogP contribution in [0.5, 0.6) is 5.75 Å². The third kappa shape index (κ3) is 4.63. The Hall–Kier alpha value is -1.26. The van der Waals surface area contributed by atoms with Gasteiger partial charge in [0.2, 0.25) is 5.91 Å². The van der Waals surface area contributed by atoms with E-state index in [0.717, 1.165) is 5.56 Å². The number of halogens is 1. The lowest BCUT2D eigenvalue weighted by Crippen LogP contribution is -2.33. The first-order valence-electron chi connectivity index (χ1n) is 5.47. The molecule has 0 saturated carbocycles. The second-order valence-electron chi connectivity index (χ2n) is 3.53. The summed E-state index contributed by atoms with van der Waals surface area (Å²) in [6, 6.07) is 5.55. The molecular formula is C12H17ClN2O2. The normalized spacial score (nSPS) is 10.1. The van der Waals surface area contributed by atoms with E-state index in [4.69, 9.17) is 16.3 Å². The molecule has 5 heteroatoms. The molecule has 0 aliphatic carbocycles. The van der Waals surface area contributed by atoms with E-state index in [1.54, 1.807) is 7.11 Å². The summed E-state index contributed by atoms with van der Waals surface area (Å²) < 4.78 is 5.06. The van der Waals surface area contributed by atoms with Gasteiger partial charge in [-0.1, -0.05) is 17.7 Å². The fraction of sp³-hybridized carbons (Fsp3) is 0.417. The highest BCUT2D eigenvalue weighted by molar-refractivity contribution is 6.32. The first-order chi connectivity index (χ1) is 8.17. The molecular weight excluding hydrogens is 240 g/mol. The first kappa shape index (κ1) is 13.8. The van der Waals surface area contributed by atoms with Gasteiger partial charge in [-0.25, -0.2) is 0 Å². The number of carbonyl (C=O) groups is 1. The highest BCUT2D eigenvalue weighted by Gasteiger charge is 2.02. The Morgan fingerprint density at radius 1 is 1.47 bits per heavy atom. The zero-order chi connectivity index (χ0) is 12.7. The molecule has 1 aromatic rings. The van der Waals surface area contributed by atoms with Crippen molar-refractivity contribution in [1.82, 2.24) is 10.6 Å². The lowest BCUT2D eigenvalue weighted by molar-refractivity contribution is -0.120. The molecule has 0 atom stereocenters. The van der Waals surface area contributed by atoms with Crippen LogP contribution in [0.1, 0.15) is 12.5 Å². The maximum absolute atomic E-state index is 11.2. The van der Waals surface area contributed by atoms with Crippen LogP contribution in [0.2, 0.25) is 5.02 Å². The molecule has 17 heavy (non-hydrogen) atoms. The van der Waals surface area contributed by atoms with Crippen LogP contribution in [0.4, 0.5) is 0 Å². The van der Waals surface area contributed by atoms with Crippen molar-refractivity contribution in [1.29, 1.82) is 0 Å². The predicted molar refractivity (Wildman–Crippen MR) is 68.4 cm³/mol. The number of benzene rings is 1. The molecule has 94 valence electrons. The molecule has 4 nitrogen and oxygen atoms in total. The second-order valence-corrected chi connectivity index (χ2v) is 3.93. The molecule has 0 unspecified atom stereocenters. The number of likely N-dealkylation sites (N-methyl/N-ethyl adjacent to an activating group) is 1. The lowest BCUT2D eigenvalue weighted by Gasteiger charge is -2.07. The van der Waals surface area contributed by atoms with Crippen LogP contribution in [-0.4, -0.2) is 26.1 Å². The van der Waals surface area contributed by atoms with Crippen LogP contribution in [0.25, 0.3) is 0 Å². The van der Waals surface area contributed by atoms with Crippen molar-refractivity contribution in [3.63, 3.8) is 0 Å². The monoisotopic (exact) mass is 256 g/mol. The van der Waals surface area contributed by atoms with Crippen LogP contribution in [-0.2, 0) is 11.3 Å². The average Bonchev–Trinajstić information content (AvgIpc) is 2.29. The van der Waals surface area contributed by atoms with Gasteiger partial charge in [-0.15, -0.1) is 0 Å². The number of rotatable bonds is 6. The van der Waals surface area contributed by atoms with E-state index in [1.807, 2.05) is 25.1 Å². The van der Waals surface area contributed by atoms with Gasteiger partial charge in [0.1, 0.15) is 5.75 Å². The summed E-state index contributed by atoms with van der Waals surface area (Å²) >= 11 is 5.99. The van der Waals surface area contributed by atoms with E-state index >= 15 is 0 Å². The summed E-state index contributed by atoms with van der Waals surface area (Å²) in [6.07, 6.45) is 0. The van der Waals surface area contributed by atoms with Crippen molar-refractivity contribution in [2.45, 2.75) is 13.5 Å². The number of ether oxygens (including phenoxy) is 1. The van der Waals surface area contributed by atoms with Gasteiger partial charge in [0.25, 0.3) is 0 Å². The quantitative estimate of drug-likeness (QED) is 0.813. The minimum Gasteiger partial charge on any atom is -0.495 e. The molecule has 0 aliphatic rings. The Morgan fingerprint density at radius 2 is 2.24 bits per heavy atom. The number of nitrogens with one attached hydrogen (secondary N) is 2. The summed E-state index contributed by atoms with van der Waals surface area (Å²) in [6.45, 7) is 3.44. The van der Waals surface area contributed by atoms with Gasteiger partial charge in [0, 0.05) is 13.1 Å². The molecule has 0 radical (unpaired) electrons. The minimum atomic E-state index is -0.00731. The second kappa shape index (κ2) is 7.14. The van der Waals surface area contributed by atoms with E-state index in [-0.39, 0.29) is 5.91 Å². The standard InChI is InChI=1S/C12H17ClN2O2/c1-3-15-12(16)8-14-7-9-4-5-11(17-2)10(13)6-9/h4-6,14H,3,7-8H2,1-2H3,(H,15,16). The van der Waals surface area contributed by atoms with Gasteiger partial charge >= 0.3 is 0 Å². The molecule has 0 fully saturated rings. The molecule has 0 aliphatic heterocycles.